The van der Waals surface area contributed by atoms with Gasteiger partial charge in [-0.2, -0.15) is 0 Å². The van der Waals surface area contributed by atoms with Crippen LogP contribution >= 0.6 is 0 Å². The Hall–Kier alpha value is -1.45. The number of allylic oxidation sites excluding steroid dienone is 5. The van der Waals surface area contributed by atoms with Crippen LogP contribution in [-0.2, 0) is 4.79 Å². The summed E-state index contributed by atoms with van der Waals surface area (Å²) >= 11 is 0. The molecular formula is C9H8F2O2. The lowest BCUT2D eigenvalue weighted by molar-refractivity contribution is -0.131. The summed E-state index contributed by atoms with van der Waals surface area (Å²) in [5.74, 6) is -3.88. The average molecular weight is 186 g/mol. The molecule has 0 radical (unpaired) electrons. The molecule has 2 nitrogen and oxygen atoms in total. The normalized spacial score (nSPS) is 20.3. The van der Waals surface area contributed by atoms with Gasteiger partial charge in [0.05, 0.1) is 0 Å². The van der Waals surface area contributed by atoms with E-state index in [1.807, 2.05) is 0 Å². The summed E-state index contributed by atoms with van der Waals surface area (Å²) in [5.41, 5.74) is 0.494. The van der Waals surface area contributed by atoms with Gasteiger partial charge in [-0.05, 0) is 17.7 Å². The number of carbonyl (C=O) groups is 1. The number of alkyl halides is 2. The molecule has 0 amide bonds. The van der Waals surface area contributed by atoms with Gasteiger partial charge in [-0.15, -0.1) is 0 Å². The number of aliphatic carboxylic acids is 1. The van der Waals surface area contributed by atoms with Gasteiger partial charge in [0.25, 0.3) is 5.92 Å². The molecule has 0 aromatic heterocycles. The Balaban J connectivity index is 2.63. The Morgan fingerprint density at radius 3 is 2.77 bits per heavy atom. The molecule has 0 spiro atoms. The molecule has 1 rings (SSSR count). The zero-order chi connectivity index (χ0) is 9.90. The third-order valence-corrected chi connectivity index (χ3v) is 1.55. The molecular weight excluding hydrogens is 178 g/mol. The summed E-state index contributed by atoms with van der Waals surface area (Å²) in [4.78, 5) is 10.1. The SMILES string of the molecule is O=C(O)C=CC1=CCC(F)(F)C=C1. The summed E-state index contributed by atoms with van der Waals surface area (Å²) < 4.78 is 25.0. The second-order valence-electron chi connectivity index (χ2n) is 2.67. The van der Waals surface area contributed by atoms with Crippen molar-refractivity contribution in [2.75, 3.05) is 0 Å². The van der Waals surface area contributed by atoms with Crippen LogP contribution in [0.5, 0.6) is 0 Å². The molecule has 13 heavy (non-hydrogen) atoms. The molecule has 0 saturated carbocycles. The zero-order valence-electron chi connectivity index (χ0n) is 6.71. The van der Waals surface area contributed by atoms with E-state index in [-0.39, 0.29) is 6.42 Å². The molecule has 0 bridgehead atoms. The van der Waals surface area contributed by atoms with Crippen molar-refractivity contribution < 1.29 is 18.7 Å². The van der Waals surface area contributed by atoms with Gasteiger partial charge < -0.3 is 5.11 Å². The van der Waals surface area contributed by atoms with Crippen molar-refractivity contribution >= 4 is 5.97 Å². The average Bonchev–Trinajstić information content (AvgIpc) is 2.02. The maximum absolute atomic E-state index is 12.5. The van der Waals surface area contributed by atoms with Gasteiger partial charge in [-0.25, -0.2) is 13.6 Å². The largest absolute Gasteiger partial charge is 0.478 e. The van der Waals surface area contributed by atoms with Crippen molar-refractivity contribution in [3.8, 4) is 0 Å². The topological polar surface area (TPSA) is 37.3 Å². The highest BCUT2D eigenvalue weighted by molar-refractivity contribution is 5.80. The van der Waals surface area contributed by atoms with Gasteiger partial charge >= 0.3 is 5.97 Å². The van der Waals surface area contributed by atoms with Crippen molar-refractivity contribution in [2.24, 2.45) is 0 Å². The van der Waals surface area contributed by atoms with Crippen LogP contribution < -0.4 is 0 Å². The Labute approximate surface area is 73.9 Å². The quantitative estimate of drug-likeness (QED) is 0.671. The lowest BCUT2D eigenvalue weighted by Gasteiger charge is -2.13. The smallest absolute Gasteiger partial charge is 0.328 e. The third-order valence-electron chi connectivity index (χ3n) is 1.55. The zero-order valence-corrected chi connectivity index (χ0v) is 6.71. The fourth-order valence-electron chi connectivity index (χ4n) is 0.899. The fourth-order valence-corrected chi connectivity index (χ4v) is 0.899. The van der Waals surface area contributed by atoms with E-state index in [2.05, 4.69) is 0 Å². The van der Waals surface area contributed by atoms with E-state index >= 15 is 0 Å². The third kappa shape index (κ3) is 3.19. The second kappa shape index (κ2) is 3.51. The van der Waals surface area contributed by atoms with Gasteiger partial charge in [0.15, 0.2) is 0 Å². The van der Waals surface area contributed by atoms with Gasteiger partial charge in [-0.1, -0.05) is 12.2 Å². The molecule has 0 aromatic carbocycles. The highest BCUT2D eigenvalue weighted by Gasteiger charge is 2.25. The second-order valence-corrected chi connectivity index (χ2v) is 2.67. The summed E-state index contributed by atoms with van der Waals surface area (Å²) in [5, 5.41) is 8.26. The summed E-state index contributed by atoms with van der Waals surface area (Å²) in [6.07, 6.45) is 5.12. The first kappa shape index (κ1) is 9.64. The van der Waals surface area contributed by atoms with Crippen LogP contribution in [0.25, 0.3) is 0 Å². The predicted molar refractivity (Wildman–Crippen MR) is 43.6 cm³/mol. The minimum Gasteiger partial charge on any atom is -0.478 e. The molecule has 0 fully saturated rings. The number of hydrogen-bond acceptors (Lipinski definition) is 1. The van der Waals surface area contributed by atoms with Crippen molar-refractivity contribution in [3.05, 3.63) is 36.0 Å². The predicted octanol–water partition coefficient (Wildman–Crippen LogP) is 2.15. The fraction of sp³-hybridized carbons (Fsp3) is 0.222. The van der Waals surface area contributed by atoms with Crippen molar-refractivity contribution in [1.29, 1.82) is 0 Å². The molecule has 0 heterocycles. The first-order chi connectivity index (χ1) is 5.99. The number of halogens is 2. The lowest BCUT2D eigenvalue weighted by atomic mass is 10.0. The number of carboxylic acids is 1. The summed E-state index contributed by atoms with van der Waals surface area (Å²) in [7, 11) is 0. The number of rotatable bonds is 2. The number of hydrogen-bond donors (Lipinski definition) is 1. The van der Waals surface area contributed by atoms with Crippen molar-refractivity contribution in [1.82, 2.24) is 0 Å². The monoisotopic (exact) mass is 186 g/mol. The minimum atomic E-state index is -2.79. The van der Waals surface area contributed by atoms with Crippen molar-refractivity contribution in [2.45, 2.75) is 12.3 Å². The van der Waals surface area contributed by atoms with Crippen LogP contribution in [0.1, 0.15) is 6.42 Å². The highest BCUT2D eigenvalue weighted by atomic mass is 19.3. The van der Waals surface area contributed by atoms with Crippen LogP contribution in [-0.4, -0.2) is 17.0 Å². The Morgan fingerprint density at radius 1 is 1.62 bits per heavy atom. The molecule has 0 aromatic rings. The lowest BCUT2D eigenvalue weighted by Crippen LogP contribution is -2.12. The summed E-state index contributed by atoms with van der Waals surface area (Å²) in [6, 6.07) is 0. The van der Waals surface area contributed by atoms with E-state index in [9.17, 15) is 13.6 Å². The molecule has 0 atom stereocenters. The maximum atomic E-state index is 12.5. The molecule has 4 heteroatoms. The van der Waals surface area contributed by atoms with Crippen LogP contribution in [0, 0.1) is 0 Å². The van der Waals surface area contributed by atoms with Crippen molar-refractivity contribution in [3.63, 3.8) is 0 Å². The molecule has 1 N–H and O–H groups in total. The Bertz CT molecular complexity index is 301. The van der Waals surface area contributed by atoms with E-state index < -0.39 is 11.9 Å². The first-order valence-electron chi connectivity index (χ1n) is 3.68. The van der Waals surface area contributed by atoms with Crippen LogP contribution in [0.2, 0.25) is 0 Å². The van der Waals surface area contributed by atoms with Gasteiger partial charge in [0.1, 0.15) is 0 Å². The van der Waals surface area contributed by atoms with E-state index in [0.717, 1.165) is 12.2 Å². The molecule has 0 unspecified atom stereocenters. The summed E-state index contributed by atoms with van der Waals surface area (Å²) in [6.45, 7) is 0. The van der Waals surface area contributed by atoms with Gasteiger partial charge in [0.2, 0.25) is 0 Å². The van der Waals surface area contributed by atoms with E-state index in [1.54, 1.807) is 0 Å². The highest BCUT2D eigenvalue weighted by Crippen LogP contribution is 2.26. The van der Waals surface area contributed by atoms with Gasteiger partial charge in [-0.3, -0.25) is 0 Å². The molecule has 0 aliphatic heterocycles. The Morgan fingerprint density at radius 2 is 2.31 bits per heavy atom. The number of carboxylic acid groups (broad SMARTS) is 1. The van der Waals surface area contributed by atoms with E-state index in [0.29, 0.717) is 5.57 Å². The van der Waals surface area contributed by atoms with E-state index in [1.165, 1.54) is 18.2 Å². The van der Waals surface area contributed by atoms with Gasteiger partial charge in [0, 0.05) is 12.5 Å². The van der Waals surface area contributed by atoms with Crippen LogP contribution in [0.15, 0.2) is 36.0 Å². The molecule has 0 saturated heterocycles. The first-order valence-corrected chi connectivity index (χ1v) is 3.68. The molecule has 70 valence electrons. The molecule has 1 aliphatic carbocycles. The minimum absolute atomic E-state index is 0.372. The van der Waals surface area contributed by atoms with E-state index in [4.69, 9.17) is 5.11 Å². The van der Waals surface area contributed by atoms with Crippen LogP contribution in [0.3, 0.4) is 0 Å². The Kier molecular flexibility index (Phi) is 2.60. The standard InChI is InChI=1S/C9H8F2O2/c10-9(11)5-3-7(4-6-9)1-2-8(12)13/h1-5H,6H2,(H,12,13). The maximum Gasteiger partial charge on any atom is 0.328 e. The molecule has 1 aliphatic rings. The van der Waals surface area contributed by atoms with Crippen LogP contribution in [0.4, 0.5) is 8.78 Å².